The van der Waals surface area contributed by atoms with E-state index in [1.165, 1.54) is 42.4 Å². The summed E-state index contributed by atoms with van der Waals surface area (Å²) in [5.41, 5.74) is 4.89. The molecule has 0 spiro atoms. The van der Waals surface area contributed by atoms with Crippen LogP contribution in [0.25, 0.3) is 0 Å². The minimum Gasteiger partial charge on any atom is -0.360 e. The minimum absolute atomic E-state index is 0.0406. The Morgan fingerprint density at radius 1 is 0.412 bits per heavy atom. The number of rotatable bonds is 16. The van der Waals surface area contributed by atoms with Crippen LogP contribution >= 0.6 is 11.8 Å². The van der Waals surface area contributed by atoms with Gasteiger partial charge < -0.3 is 9.47 Å². The van der Waals surface area contributed by atoms with Gasteiger partial charge in [0.25, 0.3) is 0 Å². The molecule has 0 aromatic heterocycles. The monoisotopic (exact) mass is 1430 g/mol. The molecule has 80 heavy (non-hydrogen) atoms. The maximum absolute atomic E-state index is 11.9. The number of ether oxygens (including phenoxy) is 2. The third kappa shape index (κ3) is 26.3. The Morgan fingerprint density at radius 3 is 0.963 bits per heavy atom. The van der Waals surface area contributed by atoms with Gasteiger partial charge in [-0.15, -0.1) is 0 Å². The molecule has 418 valence electrons. The van der Waals surface area contributed by atoms with E-state index in [1.54, 1.807) is 122 Å². The SMILES string of the molecule is CC(=O)/C=C(/CCOC(c1ccccc1)(c1ccccc1)c1ccccc1)Sc1ccccc1.CC(=O)C#CCCOC(c1ccccc1)(c1ccccc1)c1ccccc1.S=S=S=S=S=S=S=S.S=S=S=S=S=S=S=S=S=S=S. The number of hydrogen-bond acceptors (Lipinski definition) is 9. The second kappa shape index (κ2) is 44.2. The van der Waals surface area contributed by atoms with Gasteiger partial charge in [-0.3, -0.25) is 9.59 Å². The average molecular weight is 1430 g/mol. The Labute approximate surface area is 537 Å². The summed E-state index contributed by atoms with van der Waals surface area (Å²) < 4.78 is 13.4. The van der Waals surface area contributed by atoms with Gasteiger partial charge in [0.2, 0.25) is 5.78 Å². The molecule has 0 bridgehead atoms. The van der Waals surface area contributed by atoms with Crippen molar-refractivity contribution in [3.8, 4) is 11.8 Å². The molecule has 0 aliphatic heterocycles. The van der Waals surface area contributed by atoms with Crippen molar-refractivity contribution in [1.82, 2.24) is 0 Å². The lowest BCUT2D eigenvalue weighted by Gasteiger charge is -2.36. The van der Waals surface area contributed by atoms with Gasteiger partial charge in [-0.2, -0.15) is 0 Å². The van der Waals surface area contributed by atoms with Crippen LogP contribution in [0.1, 0.15) is 60.1 Å². The van der Waals surface area contributed by atoms with Gasteiger partial charge in [0.1, 0.15) is 11.2 Å². The third-order valence-corrected chi connectivity index (χ3v) is 40.3. The van der Waals surface area contributed by atoms with E-state index in [9.17, 15) is 9.59 Å². The molecular formula is C56H50O4S20. The highest BCUT2D eigenvalue weighted by atomic mass is 33.4. The summed E-state index contributed by atoms with van der Waals surface area (Å²) >= 11 is 20.2. The first-order valence-corrected chi connectivity index (χ1v) is 46.8. The van der Waals surface area contributed by atoms with E-state index in [1.807, 2.05) is 127 Å². The molecular weight excluding hydrogens is 1380 g/mol. The molecule has 4 nitrogen and oxygen atoms in total. The zero-order valence-electron chi connectivity index (χ0n) is 42.4. The van der Waals surface area contributed by atoms with Crippen LogP contribution in [0.4, 0.5) is 0 Å². The lowest BCUT2D eigenvalue weighted by molar-refractivity contribution is -0.113. The summed E-state index contributed by atoms with van der Waals surface area (Å²) in [5, 5.41) is 0. The van der Waals surface area contributed by atoms with Gasteiger partial charge in [-0.05, 0) is 69.3 Å². The van der Waals surface area contributed by atoms with E-state index < -0.39 is 11.2 Å². The van der Waals surface area contributed by atoms with E-state index in [-0.39, 0.29) is 11.6 Å². The number of hydrogen-bond donors (Lipinski definition) is 0. The molecule has 0 unspecified atom stereocenters. The molecule has 0 fully saturated rings. The van der Waals surface area contributed by atoms with Crippen molar-refractivity contribution in [2.75, 3.05) is 13.2 Å². The molecule has 0 aliphatic rings. The summed E-state index contributed by atoms with van der Waals surface area (Å²) in [6.07, 6.45) is 2.84. The molecule has 7 rings (SSSR count). The van der Waals surface area contributed by atoms with Gasteiger partial charge >= 0.3 is 0 Å². The Kier molecular flexibility index (Phi) is 38.7. The highest BCUT2D eigenvalue weighted by Gasteiger charge is 2.38. The Balaban J connectivity index is 0.000000265. The molecule has 0 saturated heterocycles. The van der Waals surface area contributed by atoms with Crippen molar-refractivity contribution in [3.63, 3.8) is 0 Å². The summed E-state index contributed by atoms with van der Waals surface area (Å²) in [5.74, 6) is 5.38. The fraction of sp³-hybridized carbons (Fsp3) is 0.143. The predicted octanol–water partition coefficient (Wildman–Crippen LogP) is 12.6. The number of thioether (sulfide) groups is 1. The van der Waals surface area contributed by atoms with E-state index >= 15 is 0 Å². The van der Waals surface area contributed by atoms with Gasteiger partial charge in [-0.1, -0.05) is 218 Å². The molecule has 0 radical (unpaired) electrons. The van der Waals surface area contributed by atoms with Crippen LogP contribution in [0.5, 0.6) is 0 Å². The largest absolute Gasteiger partial charge is 0.360 e. The zero-order valence-corrected chi connectivity index (χ0v) is 58.7. The van der Waals surface area contributed by atoms with E-state index in [0.717, 1.165) is 43.2 Å². The highest BCUT2D eigenvalue weighted by molar-refractivity contribution is 8.74. The predicted molar refractivity (Wildman–Crippen MR) is 389 cm³/mol. The van der Waals surface area contributed by atoms with Crippen molar-refractivity contribution in [1.29, 1.82) is 0 Å². The highest BCUT2D eigenvalue weighted by Crippen LogP contribution is 2.42. The number of carbonyl (C=O) groups excluding carboxylic acids is 2. The van der Waals surface area contributed by atoms with Crippen molar-refractivity contribution >= 4 is 201 Å². The molecule has 0 atom stereocenters. The summed E-state index contributed by atoms with van der Waals surface area (Å²) in [6.45, 7) is 3.93. The van der Waals surface area contributed by atoms with Gasteiger partial charge in [0, 0.05) is 203 Å². The molecule has 7 aromatic carbocycles. The van der Waals surface area contributed by atoms with Crippen molar-refractivity contribution in [2.24, 2.45) is 0 Å². The molecule has 0 aliphatic carbocycles. The van der Waals surface area contributed by atoms with Crippen LogP contribution < -0.4 is 0 Å². The standard InChI is InChI=1S/C31H28O2S.C25H22O2.S11.S8/c1-25(32)24-30(34-29-20-12-5-13-21-29)22-23-33-31(26-14-6-2-7-15-26,27-16-8-3-9-17-27)28-18-10-4-11-19-28;1-21(26)13-11-12-20-27-25(22-14-5-2-6-15-22,23-16-7-3-8-17-23)24-18-9-4-10-19-24;1-3-5-7-9-11-10-8-6-4-2;1-3-5-7-8-6-4-2/h2-21,24H,22-23H2,1H3;2-10,14-19H,12,20H2,1H3;;/b30-24-;;;. The van der Waals surface area contributed by atoms with Crippen molar-refractivity contribution in [3.05, 3.63) is 257 Å². The molecule has 0 saturated carbocycles. The lowest BCUT2D eigenvalue weighted by Crippen LogP contribution is -2.33. The fourth-order valence-corrected chi connectivity index (χ4v) is 38.6. The Morgan fingerprint density at radius 2 is 0.688 bits per heavy atom. The molecule has 0 N–H and O–H groups in total. The van der Waals surface area contributed by atoms with Crippen LogP contribution in [-0.2, 0) is 208 Å². The number of allylic oxidation sites excluding steroid dienone is 1. The maximum Gasteiger partial charge on any atom is 0.202 e. The summed E-state index contributed by atoms with van der Waals surface area (Å²) in [7, 11) is 23.6. The molecule has 7 aromatic rings. The number of ketones is 2. The molecule has 24 heteroatoms. The minimum atomic E-state index is -0.761. The maximum atomic E-state index is 11.9. The topological polar surface area (TPSA) is 52.6 Å². The van der Waals surface area contributed by atoms with E-state index in [2.05, 4.69) is 142 Å². The second-order valence-electron chi connectivity index (χ2n) is 15.3. The fourth-order valence-electron chi connectivity index (χ4n) is 7.43. The first kappa shape index (κ1) is 70.1. The summed E-state index contributed by atoms with van der Waals surface area (Å²) in [4.78, 5) is 25.1. The normalized spacial score (nSPS) is 10.2. The van der Waals surface area contributed by atoms with Crippen LogP contribution in [0.3, 0.4) is 0 Å². The Bertz CT molecular complexity index is 3570. The van der Waals surface area contributed by atoms with Crippen molar-refractivity contribution in [2.45, 2.75) is 42.8 Å². The van der Waals surface area contributed by atoms with Crippen LogP contribution in [-0.4, -0.2) is 24.8 Å². The average Bonchev–Trinajstić information content (AvgIpc) is 3.58. The zero-order chi connectivity index (χ0) is 57.2. The number of carbonyl (C=O) groups is 2. The quantitative estimate of drug-likeness (QED) is 0.0235. The molecule has 0 amide bonds. The number of Topliss-reactive ketones (excluding diaryl/α,β-unsaturated/α-hetero) is 1. The first-order valence-electron chi connectivity index (χ1n) is 23.3. The van der Waals surface area contributed by atoms with Gasteiger partial charge in [-0.25, -0.2) is 0 Å². The van der Waals surface area contributed by atoms with Crippen LogP contribution in [0, 0.1) is 11.8 Å². The van der Waals surface area contributed by atoms with Crippen molar-refractivity contribution < 1.29 is 19.1 Å². The third-order valence-electron chi connectivity index (χ3n) is 10.3. The number of benzene rings is 7. The van der Waals surface area contributed by atoms with Crippen LogP contribution in [0.15, 0.2) is 228 Å². The summed E-state index contributed by atoms with van der Waals surface area (Å²) in [6, 6.07) is 71.8. The van der Waals surface area contributed by atoms with Gasteiger partial charge in [0.05, 0.1) is 13.2 Å². The molecule has 0 heterocycles. The van der Waals surface area contributed by atoms with E-state index in [0.29, 0.717) is 26.1 Å². The smallest absolute Gasteiger partial charge is 0.202 e. The first-order chi connectivity index (χ1) is 39.2. The van der Waals surface area contributed by atoms with Crippen LogP contribution in [0.2, 0.25) is 0 Å². The lowest BCUT2D eigenvalue weighted by atomic mass is 9.80. The van der Waals surface area contributed by atoms with Gasteiger partial charge in [0.15, 0.2) is 5.78 Å². The van der Waals surface area contributed by atoms with E-state index in [4.69, 9.17) is 9.47 Å². The Hall–Kier alpha value is -2.37. The second-order valence-corrected chi connectivity index (χ2v) is 43.0.